The highest BCUT2D eigenvalue weighted by Gasteiger charge is 2.06. The van der Waals surface area contributed by atoms with Crippen molar-refractivity contribution in [1.82, 2.24) is 5.32 Å². The van der Waals surface area contributed by atoms with Crippen LogP contribution >= 0.6 is 0 Å². The first-order valence-corrected chi connectivity index (χ1v) is 8.23. The van der Waals surface area contributed by atoms with Gasteiger partial charge in [-0.05, 0) is 44.4 Å². The minimum absolute atomic E-state index is 0.570. The largest absolute Gasteiger partial charge is 0.317 e. The van der Waals surface area contributed by atoms with Crippen LogP contribution in [0.25, 0.3) is 0 Å². The smallest absolute Gasteiger partial charge is 0.0488 e. The van der Waals surface area contributed by atoms with Crippen molar-refractivity contribution in [1.29, 1.82) is 0 Å². The van der Waals surface area contributed by atoms with E-state index in [0.717, 1.165) is 25.0 Å². The first kappa shape index (κ1) is 15.4. The third kappa shape index (κ3) is 5.32. The number of hydrogen-bond acceptors (Lipinski definition) is 2. The quantitative estimate of drug-likeness (QED) is 0.784. The molecule has 0 aliphatic heterocycles. The van der Waals surface area contributed by atoms with Crippen LogP contribution < -0.4 is 5.32 Å². The molecule has 2 unspecified atom stereocenters. The molecule has 1 rings (SSSR count). The summed E-state index contributed by atoms with van der Waals surface area (Å²) in [5.41, 5.74) is 2.46. The highest BCUT2D eigenvalue weighted by Crippen LogP contribution is 2.11. The van der Waals surface area contributed by atoms with Crippen LogP contribution in [0.1, 0.15) is 37.3 Å². The summed E-state index contributed by atoms with van der Waals surface area (Å²) in [6.45, 7) is 4.27. The summed E-state index contributed by atoms with van der Waals surface area (Å²) in [7, 11) is 1.27. The molecule has 0 saturated carbocycles. The molecule has 0 aliphatic carbocycles. The van der Waals surface area contributed by atoms with Gasteiger partial charge in [-0.15, -0.1) is 0 Å². The van der Waals surface area contributed by atoms with Crippen molar-refractivity contribution in [3.8, 4) is 0 Å². The van der Waals surface area contributed by atoms with Crippen LogP contribution in [0.5, 0.6) is 0 Å². The van der Waals surface area contributed by atoms with E-state index in [0.29, 0.717) is 11.8 Å². The SMILES string of the molecule is CCC(CCCS(=O)Cc1ccccc1C)NC. The first-order valence-electron chi connectivity index (χ1n) is 6.74. The molecule has 1 aromatic rings. The van der Waals surface area contributed by atoms with E-state index < -0.39 is 10.8 Å². The molecule has 0 radical (unpaired) electrons. The third-order valence-electron chi connectivity index (χ3n) is 3.40. The Morgan fingerprint density at radius 1 is 1.33 bits per heavy atom. The number of benzene rings is 1. The Morgan fingerprint density at radius 3 is 2.67 bits per heavy atom. The van der Waals surface area contributed by atoms with Crippen molar-refractivity contribution in [3.05, 3.63) is 35.4 Å². The molecule has 0 fully saturated rings. The average Bonchev–Trinajstić information content (AvgIpc) is 2.37. The second-order valence-corrected chi connectivity index (χ2v) is 6.33. The van der Waals surface area contributed by atoms with Crippen LogP contribution in [0.15, 0.2) is 24.3 Å². The first-order chi connectivity index (χ1) is 8.67. The van der Waals surface area contributed by atoms with Gasteiger partial charge in [-0.3, -0.25) is 4.21 Å². The normalized spacial score (nSPS) is 14.4. The van der Waals surface area contributed by atoms with Crippen molar-refractivity contribution in [3.63, 3.8) is 0 Å². The summed E-state index contributed by atoms with van der Waals surface area (Å²) < 4.78 is 12.0. The monoisotopic (exact) mass is 267 g/mol. The third-order valence-corrected chi connectivity index (χ3v) is 4.78. The second kappa shape index (κ2) is 8.44. The van der Waals surface area contributed by atoms with E-state index in [4.69, 9.17) is 0 Å². The maximum atomic E-state index is 12.0. The lowest BCUT2D eigenvalue weighted by molar-refractivity contribution is 0.503. The van der Waals surface area contributed by atoms with Crippen LogP contribution in [-0.4, -0.2) is 23.1 Å². The molecule has 0 aromatic heterocycles. The zero-order valence-electron chi connectivity index (χ0n) is 11.7. The second-order valence-electron chi connectivity index (χ2n) is 4.75. The molecule has 0 amide bonds. The molecule has 1 aromatic carbocycles. The van der Waals surface area contributed by atoms with E-state index >= 15 is 0 Å². The van der Waals surface area contributed by atoms with Gasteiger partial charge in [0.25, 0.3) is 0 Å². The molecule has 0 heterocycles. The molecule has 0 spiro atoms. The van der Waals surface area contributed by atoms with E-state index in [-0.39, 0.29) is 0 Å². The van der Waals surface area contributed by atoms with Gasteiger partial charge >= 0.3 is 0 Å². The molecule has 18 heavy (non-hydrogen) atoms. The van der Waals surface area contributed by atoms with E-state index in [1.807, 2.05) is 19.2 Å². The minimum Gasteiger partial charge on any atom is -0.317 e. The molecule has 0 saturated heterocycles. The summed E-state index contributed by atoms with van der Waals surface area (Å²) >= 11 is 0. The van der Waals surface area contributed by atoms with Gasteiger partial charge in [-0.25, -0.2) is 0 Å². The summed E-state index contributed by atoms with van der Waals surface area (Å²) in [6, 6.07) is 8.78. The fourth-order valence-electron chi connectivity index (χ4n) is 2.06. The van der Waals surface area contributed by atoms with Gasteiger partial charge in [-0.1, -0.05) is 31.2 Å². The zero-order chi connectivity index (χ0) is 13.4. The molecule has 102 valence electrons. The number of aryl methyl sites for hydroxylation is 1. The van der Waals surface area contributed by atoms with Crippen molar-refractivity contribution in [2.24, 2.45) is 0 Å². The maximum Gasteiger partial charge on any atom is 0.0488 e. The van der Waals surface area contributed by atoms with Crippen LogP contribution in [0, 0.1) is 6.92 Å². The van der Waals surface area contributed by atoms with Gasteiger partial charge < -0.3 is 5.32 Å². The van der Waals surface area contributed by atoms with E-state index in [1.54, 1.807) is 0 Å². The standard InChI is InChI=1S/C15H25NOS/c1-4-15(16-3)10-7-11-18(17)12-14-9-6-5-8-13(14)2/h5-6,8-9,15-16H,4,7,10-12H2,1-3H3. The molecular weight excluding hydrogens is 242 g/mol. The predicted octanol–water partition coefficient (Wildman–Crippen LogP) is 3.02. The lowest BCUT2D eigenvalue weighted by Crippen LogP contribution is -2.24. The van der Waals surface area contributed by atoms with Crippen molar-refractivity contribution < 1.29 is 4.21 Å². The van der Waals surface area contributed by atoms with Gasteiger partial charge in [0.1, 0.15) is 0 Å². The molecule has 0 aliphatic rings. The Balaban J connectivity index is 2.32. The lowest BCUT2D eigenvalue weighted by Gasteiger charge is -2.13. The summed E-state index contributed by atoms with van der Waals surface area (Å²) in [5, 5.41) is 3.29. The molecule has 1 N–H and O–H groups in total. The van der Waals surface area contributed by atoms with Crippen LogP contribution in [0.2, 0.25) is 0 Å². The fraction of sp³-hybridized carbons (Fsp3) is 0.600. The van der Waals surface area contributed by atoms with Crippen molar-refractivity contribution in [2.75, 3.05) is 12.8 Å². The van der Waals surface area contributed by atoms with Crippen molar-refractivity contribution >= 4 is 10.8 Å². The van der Waals surface area contributed by atoms with E-state index in [2.05, 4.69) is 31.3 Å². The molecule has 0 bridgehead atoms. The summed E-state index contributed by atoms with van der Waals surface area (Å²) in [4.78, 5) is 0. The topological polar surface area (TPSA) is 29.1 Å². The number of hydrogen-bond donors (Lipinski definition) is 1. The van der Waals surface area contributed by atoms with Gasteiger partial charge in [0.2, 0.25) is 0 Å². The van der Waals surface area contributed by atoms with Gasteiger partial charge in [0.15, 0.2) is 0 Å². The van der Waals surface area contributed by atoms with E-state index in [1.165, 1.54) is 11.1 Å². The Bertz CT molecular complexity index is 375. The molecule has 3 heteroatoms. The van der Waals surface area contributed by atoms with Crippen LogP contribution in [0.3, 0.4) is 0 Å². The van der Waals surface area contributed by atoms with Gasteiger partial charge in [-0.2, -0.15) is 0 Å². The molecular formula is C15H25NOS. The highest BCUT2D eigenvalue weighted by molar-refractivity contribution is 7.84. The fourth-order valence-corrected chi connectivity index (χ4v) is 3.36. The number of rotatable bonds is 8. The van der Waals surface area contributed by atoms with Crippen LogP contribution in [-0.2, 0) is 16.6 Å². The Kier molecular flexibility index (Phi) is 7.21. The van der Waals surface area contributed by atoms with Crippen molar-refractivity contribution in [2.45, 2.75) is 44.9 Å². The predicted molar refractivity (Wildman–Crippen MR) is 80.3 cm³/mol. The van der Waals surface area contributed by atoms with Gasteiger partial charge in [0, 0.05) is 28.3 Å². The van der Waals surface area contributed by atoms with Crippen LogP contribution in [0.4, 0.5) is 0 Å². The van der Waals surface area contributed by atoms with E-state index in [9.17, 15) is 4.21 Å². The zero-order valence-corrected chi connectivity index (χ0v) is 12.6. The lowest BCUT2D eigenvalue weighted by atomic mass is 10.1. The average molecular weight is 267 g/mol. The summed E-state index contributed by atoms with van der Waals surface area (Å²) in [6.07, 6.45) is 3.30. The maximum absolute atomic E-state index is 12.0. The molecule has 2 atom stereocenters. The summed E-state index contributed by atoms with van der Waals surface area (Å²) in [5.74, 6) is 1.51. The minimum atomic E-state index is -0.729. The Hall–Kier alpha value is -0.670. The molecule has 2 nitrogen and oxygen atoms in total. The van der Waals surface area contributed by atoms with Gasteiger partial charge in [0.05, 0.1) is 0 Å². The number of nitrogens with one attached hydrogen (secondary N) is 1. The highest BCUT2D eigenvalue weighted by atomic mass is 32.2. The Labute approximate surface area is 114 Å². The Morgan fingerprint density at radius 2 is 2.06 bits per heavy atom.